The minimum atomic E-state index is 0.0599. The number of hydrogen-bond acceptors (Lipinski definition) is 4. The van der Waals surface area contributed by atoms with Gasteiger partial charge in [-0.15, -0.1) is 0 Å². The lowest BCUT2D eigenvalue weighted by Gasteiger charge is -2.10. The van der Waals surface area contributed by atoms with Crippen LogP contribution in [0.2, 0.25) is 0 Å². The number of anilines is 1. The Labute approximate surface area is 151 Å². The highest BCUT2D eigenvalue weighted by molar-refractivity contribution is 5.96. The summed E-state index contributed by atoms with van der Waals surface area (Å²) in [5, 5.41) is 7.89. The average molecular weight is 345 g/mol. The Morgan fingerprint density at radius 1 is 1.15 bits per heavy atom. The Hall–Kier alpha value is -3.08. The van der Waals surface area contributed by atoms with Crippen molar-refractivity contribution in [3.63, 3.8) is 0 Å². The van der Waals surface area contributed by atoms with Crippen molar-refractivity contribution >= 4 is 22.5 Å². The van der Waals surface area contributed by atoms with Gasteiger partial charge in [0, 0.05) is 17.5 Å². The fourth-order valence-electron chi connectivity index (χ4n) is 3.10. The van der Waals surface area contributed by atoms with Gasteiger partial charge < -0.3 is 5.32 Å². The highest BCUT2D eigenvalue weighted by Crippen LogP contribution is 2.31. The second-order valence-electron chi connectivity index (χ2n) is 6.83. The third-order valence-electron chi connectivity index (χ3n) is 4.78. The molecule has 0 atom stereocenters. The first-order valence-electron chi connectivity index (χ1n) is 8.74. The van der Waals surface area contributed by atoms with Crippen LogP contribution in [0.5, 0.6) is 0 Å². The molecular formula is C21H19N3O2. The van der Waals surface area contributed by atoms with Crippen LogP contribution >= 0.6 is 0 Å². The Morgan fingerprint density at radius 2 is 2.00 bits per heavy atom. The second kappa shape index (κ2) is 6.67. The zero-order chi connectivity index (χ0) is 18.1. The van der Waals surface area contributed by atoms with E-state index in [4.69, 9.17) is 0 Å². The minimum Gasteiger partial charge on any atom is -0.310 e. The van der Waals surface area contributed by atoms with Gasteiger partial charge in [-0.3, -0.25) is 4.79 Å². The number of amides is 1. The SMILES string of the molecule is Cc1ccc(CN=O)cc1-c1ccc2cc(NC(=O)C3CC3)ncc2c1. The molecule has 3 aromatic rings. The van der Waals surface area contributed by atoms with Crippen molar-refractivity contribution in [2.24, 2.45) is 11.1 Å². The molecule has 2 aromatic carbocycles. The number of fused-ring (bicyclic) bond motifs is 1. The quantitative estimate of drug-likeness (QED) is 0.674. The highest BCUT2D eigenvalue weighted by atomic mass is 16.3. The molecule has 130 valence electrons. The van der Waals surface area contributed by atoms with Crippen LogP contribution < -0.4 is 5.32 Å². The summed E-state index contributed by atoms with van der Waals surface area (Å²) in [5.74, 6) is 0.813. The van der Waals surface area contributed by atoms with Crippen molar-refractivity contribution in [3.05, 3.63) is 64.7 Å². The van der Waals surface area contributed by atoms with E-state index in [0.717, 1.165) is 45.9 Å². The molecule has 4 rings (SSSR count). The van der Waals surface area contributed by atoms with E-state index in [-0.39, 0.29) is 18.4 Å². The van der Waals surface area contributed by atoms with Crippen LogP contribution in [0.15, 0.2) is 53.8 Å². The molecule has 1 heterocycles. The van der Waals surface area contributed by atoms with Crippen LogP contribution in [0.1, 0.15) is 24.0 Å². The van der Waals surface area contributed by atoms with E-state index in [1.54, 1.807) is 6.20 Å². The molecule has 0 aliphatic heterocycles. The number of benzene rings is 2. The van der Waals surface area contributed by atoms with E-state index in [2.05, 4.69) is 27.6 Å². The van der Waals surface area contributed by atoms with Gasteiger partial charge in [0.05, 0.1) is 0 Å². The van der Waals surface area contributed by atoms with Crippen LogP contribution in [0.3, 0.4) is 0 Å². The number of nitroso groups, excluding NO2 is 1. The van der Waals surface area contributed by atoms with Gasteiger partial charge in [0.2, 0.25) is 5.91 Å². The summed E-state index contributed by atoms with van der Waals surface area (Å²) in [6.45, 7) is 2.22. The number of carbonyl (C=O) groups excluding carboxylic acids is 1. The fourth-order valence-corrected chi connectivity index (χ4v) is 3.10. The maximum absolute atomic E-state index is 11.9. The number of aromatic nitrogens is 1. The first-order valence-corrected chi connectivity index (χ1v) is 8.74. The van der Waals surface area contributed by atoms with E-state index in [1.165, 1.54) is 0 Å². The van der Waals surface area contributed by atoms with Crippen molar-refractivity contribution < 1.29 is 4.79 Å². The highest BCUT2D eigenvalue weighted by Gasteiger charge is 2.29. The van der Waals surface area contributed by atoms with Crippen LogP contribution in [0.4, 0.5) is 5.82 Å². The molecule has 0 spiro atoms. The molecule has 0 saturated heterocycles. The average Bonchev–Trinajstić information content (AvgIpc) is 3.48. The van der Waals surface area contributed by atoms with Crippen molar-refractivity contribution in [2.45, 2.75) is 26.3 Å². The molecule has 1 fully saturated rings. The maximum atomic E-state index is 11.9. The number of aryl methyl sites for hydroxylation is 1. The molecule has 5 nitrogen and oxygen atoms in total. The smallest absolute Gasteiger partial charge is 0.228 e. The maximum Gasteiger partial charge on any atom is 0.228 e. The normalized spacial score (nSPS) is 13.6. The summed E-state index contributed by atoms with van der Waals surface area (Å²) in [4.78, 5) is 26.8. The largest absolute Gasteiger partial charge is 0.310 e. The molecule has 26 heavy (non-hydrogen) atoms. The lowest BCUT2D eigenvalue weighted by molar-refractivity contribution is -0.117. The Kier molecular flexibility index (Phi) is 4.21. The van der Waals surface area contributed by atoms with E-state index in [1.807, 2.05) is 37.3 Å². The third-order valence-corrected chi connectivity index (χ3v) is 4.78. The standard InChI is InChI=1S/C21H19N3O2/c1-13-2-3-14(11-23-26)8-19(13)17-7-6-16-10-20(22-12-18(16)9-17)24-21(25)15-4-5-15/h2-3,6-10,12,15H,4-5,11H2,1H3,(H,22,24,25). The number of nitrogens with zero attached hydrogens (tertiary/aromatic N) is 2. The molecular weight excluding hydrogens is 326 g/mol. The zero-order valence-electron chi connectivity index (χ0n) is 14.5. The van der Waals surface area contributed by atoms with Gasteiger partial charge in [-0.25, -0.2) is 4.98 Å². The first kappa shape index (κ1) is 16.4. The number of nitrogens with one attached hydrogen (secondary N) is 1. The van der Waals surface area contributed by atoms with Gasteiger partial charge >= 0.3 is 0 Å². The molecule has 1 amide bonds. The Bertz CT molecular complexity index is 1010. The molecule has 5 heteroatoms. The molecule has 1 saturated carbocycles. The van der Waals surface area contributed by atoms with Crippen LogP contribution in [0.25, 0.3) is 21.9 Å². The number of rotatable bonds is 5. The number of hydrogen-bond donors (Lipinski definition) is 1. The van der Waals surface area contributed by atoms with Gasteiger partial charge in [0.25, 0.3) is 0 Å². The number of carbonyl (C=O) groups is 1. The molecule has 0 bridgehead atoms. The second-order valence-corrected chi connectivity index (χ2v) is 6.83. The molecule has 1 aliphatic rings. The van der Waals surface area contributed by atoms with Crippen molar-refractivity contribution in [2.75, 3.05) is 5.32 Å². The lowest BCUT2D eigenvalue weighted by atomic mass is 9.96. The van der Waals surface area contributed by atoms with E-state index in [0.29, 0.717) is 5.82 Å². The molecule has 1 N–H and O–H groups in total. The van der Waals surface area contributed by atoms with Crippen LogP contribution in [-0.2, 0) is 11.3 Å². The van der Waals surface area contributed by atoms with E-state index >= 15 is 0 Å². The third kappa shape index (κ3) is 3.33. The van der Waals surface area contributed by atoms with Gasteiger partial charge in [0.15, 0.2) is 0 Å². The molecule has 1 aliphatic carbocycles. The number of pyridine rings is 1. The summed E-state index contributed by atoms with van der Waals surface area (Å²) in [7, 11) is 0. The van der Waals surface area contributed by atoms with Crippen LogP contribution in [-0.4, -0.2) is 10.9 Å². The van der Waals surface area contributed by atoms with Gasteiger partial charge in [-0.05, 0) is 65.6 Å². The molecule has 0 unspecified atom stereocenters. The lowest BCUT2D eigenvalue weighted by Crippen LogP contribution is -2.14. The predicted octanol–water partition coefficient (Wildman–Crippen LogP) is 4.83. The van der Waals surface area contributed by atoms with E-state index in [9.17, 15) is 9.70 Å². The Morgan fingerprint density at radius 3 is 2.77 bits per heavy atom. The Balaban J connectivity index is 1.66. The summed E-state index contributed by atoms with van der Waals surface area (Å²) >= 11 is 0. The minimum absolute atomic E-state index is 0.0599. The summed E-state index contributed by atoms with van der Waals surface area (Å²) in [6, 6.07) is 14.0. The van der Waals surface area contributed by atoms with Crippen molar-refractivity contribution in [1.82, 2.24) is 4.98 Å². The van der Waals surface area contributed by atoms with Gasteiger partial charge in [-0.1, -0.05) is 29.4 Å². The topological polar surface area (TPSA) is 71.4 Å². The first-order chi connectivity index (χ1) is 12.6. The summed E-state index contributed by atoms with van der Waals surface area (Å²) in [5.41, 5.74) is 4.19. The van der Waals surface area contributed by atoms with Crippen molar-refractivity contribution in [3.8, 4) is 11.1 Å². The fraction of sp³-hybridized carbons (Fsp3) is 0.238. The van der Waals surface area contributed by atoms with Crippen molar-refractivity contribution in [1.29, 1.82) is 0 Å². The van der Waals surface area contributed by atoms with E-state index < -0.39 is 0 Å². The van der Waals surface area contributed by atoms with Gasteiger partial charge in [-0.2, -0.15) is 4.91 Å². The molecule has 1 aromatic heterocycles. The molecule has 0 radical (unpaired) electrons. The zero-order valence-corrected chi connectivity index (χ0v) is 14.5. The summed E-state index contributed by atoms with van der Waals surface area (Å²) < 4.78 is 0. The monoisotopic (exact) mass is 345 g/mol. The summed E-state index contributed by atoms with van der Waals surface area (Å²) in [6.07, 6.45) is 3.73. The van der Waals surface area contributed by atoms with Gasteiger partial charge in [0.1, 0.15) is 12.4 Å². The van der Waals surface area contributed by atoms with Crippen LogP contribution in [0, 0.1) is 17.7 Å². The predicted molar refractivity (Wildman–Crippen MR) is 103 cm³/mol.